The summed E-state index contributed by atoms with van der Waals surface area (Å²) in [4.78, 5) is 2.52. The average Bonchev–Trinajstić information content (AvgIpc) is 4.05. The third kappa shape index (κ3) is 5.02. The van der Waals surface area contributed by atoms with Crippen molar-refractivity contribution in [3.63, 3.8) is 0 Å². The minimum absolute atomic E-state index is 0.118. The molecule has 2 heteroatoms. The molecular formula is C64H46N2. The molecule has 0 saturated heterocycles. The van der Waals surface area contributed by atoms with Crippen LogP contribution >= 0.6 is 0 Å². The molecule has 0 radical (unpaired) electrons. The lowest BCUT2D eigenvalue weighted by Gasteiger charge is -2.32. The lowest BCUT2D eigenvalue weighted by molar-refractivity contribution is 0.660. The van der Waals surface area contributed by atoms with Crippen LogP contribution in [-0.2, 0) is 10.8 Å². The van der Waals surface area contributed by atoms with Gasteiger partial charge in [-0.25, -0.2) is 0 Å². The van der Waals surface area contributed by atoms with Crippen molar-refractivity contribution in [1.82, 2.24) is 4.57 Å². The van der Waals surface area contributed by atoms with Crippen molar-refractivity contribution in [2.75, 3.05) is 4.90 Å². The van der Waals surface area contributed by atoms with Gasteiger partial charge in [-0.1, -0.05) is 184 Å². The maximum Gasteiger partial charge on any atom is 0.0725 e. The molecule has 9 aromatic carbocycles. The summed E-state index contributed by atoms with van der Waals surface area (Å²) < 4.78 is 2.40. The predicted molar refractivity (Wildman–Crippen MR) is 274 cm³/mol. The van der Waals surface area contributed by atoms with Crippen LogP contribution in [0.5, 0.6) is 0 Å². The number of benzene rings is 9. The Bertz CT molecular complexity index is 3630. The lowest BCUT2D eigenvalue weighted by Crippen LogP contribution is -2.26. The normalized spacial score (nSPS) is 16.4. The Hall–Kier alpha value is -7.94. The second-order valence-corrected chi connectivity index (χ2v) is 19.1. The summed E-state index contributed by atoms with van der Waals surface area (Å²) in [6.07, 6.45) is 8.16. The molecule has 66 heavy (non-hydrogen) atoms. The van der Waals surface area contributed by atoms with Crippen LogP contribution in [0.4, 0.5) is 11.4 Å². The largest absolute Gasteiger partial charge is 0.311 e. The Kier molecular flexibility index (Phi) is 7.82. The van der Waals surface area contributed by atoms with Gasteiger partial charge in [-0.3, -0.25) is 0 Å². The molecule has 0 saturated carbocycles. The van der Waals surface area contributed by atoms with E-state index in [1.54, 1.807) is 0 Å². The molecule has 0 amide bonds. The summed E-state index contributed by atoms with van der Waals surface area (Å²) in [6.45, 7) is 4.76. The van der Waals surface area contributed by atoms with Crippen LogP contribution in [0.3, 0.4) is 0 Å². The molecule has 1 atom stereocenters. The highest BCUT2D eigenvalue weighted by Gasteiger charge is 2.51. The van der Waals surface area contributed by atoms with Crippen LogP contribution in [0.2, 0.25) is 0 Å². The van der Waals surface area contributed by atoms with E-state index in [2.05, 4.69) is 248 Å². The Morgan fingerprint density at radius 2 is 0.924 bits per heavy atom. The van der Waals surface area contributed by atoms with E-state index in [1.165, 1.54) is 117 Å². The molecule has 1 spiro atoms. The van der Waals surface area contributed by atoms with Gasteiger partial charge in [-0.15, -0.1) is 0 Å². The minimum Gasteiger partial charge on any atom is -0.311 e. The van der Waals surface area contributed by atoms with E-state index in [9.17, 15) is 0 Å². The summed E-state index contributed by atoms with van der Waals surface area (Å²) >= 11 is 0. The van der Waals surface area contributed by atoms with Crippen LogP contribution in [-0.4, -0.2) is 4.57 Å². The highest BCUT2D eigenvalue weighted by Crippen LogP contribution is 2.63. The molecule has 1 unspecified atom stereocenters. The first-order valence-corrected chi connectivity index (χ1v) is 23.5. The van der Waals surface area contributed by atoms with Gasteiger partial charge < -0.3 is 9.47 Å². The molecule has 0 N–H and O–H groups in total. The van der Waals surface area contributed by atoms with Crippen molar-refractivity contribution < 1.29 is 0 Å². The molecule has 1 heterocycles. The molecule has 312 valence electrons. The van der Waals surface area contributed by atoms with Gasteiger partial charge in [0.15, 0.2) is 0 Å². The number of aromatic nitrogens is 1. The van der Waals surface area contributed by atoms with Gasteiger partial charge in [-0.05, 0) is 133 Å². The third-order valence-electron chi connectivity index (χ3n) is 15.6. The van der Waals surface area contributed by atoms with E-state index in [4.69, 9.17) is 0 Å². The summed E-state index contributed by atoms with van der Waals surface area (Å²) in [6, 6.07) is 77.5. The van der Waals surface area contributed by atoms with E-state index in [-0.39, 0.29) is 16.7 Å². The standard InChI is InChI=1S/C64H46N2/c1-63(2)55-21-9-3-15-47(55)51-37-35-46(40-60(51)63)65(43-31-27-41(28-32-43)42-29-33-44(34-30-42)66-61-25-13-7-19-52(61)53-20-8-14-26-62(53)66)45-36-38-59-54(39-45)50-18-6-12-24-58(50)64(59)56-22-10-4-16-48(56)49-17-5-11-23-57(49)64/h3-27,29-41H,28H2,1-2H3. The van der Waals surface area contributed by atoms with Gasteiger partial charge in [0.1, 0.15) is 0 Å². The van der Waals surface area contributed by atoms with Crippen molar-refractivity contribution in [2.45, 2.75) is 37.0 Å². The SMILES string of the molecule is CC1(C)c2ccccc2-c2ccc(N(C3=CCC(c4ccc(-n5c6ccccc6c6ccccc65)cc4)C=C3)c3ccc4c(c3)-c3ccccc3C43c4ccccc4-c4ccccc43)cc21. The number of hydrogen-bond acceptors (Lipinski definition) is 1. The van der Waals surface area contributed by atoms with Gasteiger partial charge in [0.2, 0.25) is 0 Å². The number of hydrogen-bond donors (Lipinski definition) is 0. The molecule has 2 nitrogen and oxygen atoms in total. The first kappa shape index (κ1) is 37.4. The van der Waals surface area contributed by atoms with E-state index >= 15 is 0 Å². The first-order valence-electron chi connectivity index (χ1n) is 23.5. The summed E-state index contributed by atoms with van der Waals surface area (Å²) in [5.41, 5.74) is 24.2. The van der Waals surface area contributed by atoms with Gasteiger partial charge in [0.05, 0.1) is 16.4 Å². The zero-order chi connectivity index (χ0) is 43.7. The van der Waals surface area contributed by atoms with Crippen molar-refractivity contribution >= 4 is 33.2 Å². The molecule has 0 aliphatic heterocycles. The van der Waals surface area contributed by atoms with Crippen LogP contribution in [0.25, 0.3) is 60.9 Å². The molecular weight excluding hydrogens is 797 g/mol. The third-order valence-corrected chi connectivity index (χ3v) is 15.6. The first-order chi connectivity index (χ1) is 32.5. The second-order valence-electron chi connectivity index (χ2n) is 19.1. The van der Waals surface area contributed by atoms with E-state index in [0.29, 0.717) is 0 Å². The fraction of sp³-hybridized carbons (Fsp3) is 0.0938. The molecule has 10 aromatic rings. The Balaban J connectivity index is 0.882. The fourth-order valence-electron chi connectivity index (χ4n) is 12.6. The van der Waals surface area contributed by atoms with Crippen molar-refractivity contribution in [1.29, 1.82) is 0 Å². The second kappa shape index (κ2) is 13.8. The van der Waals surface area contributed by atoms with Crippen LogP contribution < -0.4 is 4.90 Å². The molecule has 14 rings (SSSR count). The number of para-hydroxylation sites is 2. The summed E-state index contributed by atoms with van der Waals surface area (Å²) in [5.74, 6) is 0.269. The highest BCUT2D eigenvalue weighted by molar-refractivity contribution is 6.09. The fourth-order valence-corrected chi connectivity index (χ4v) is 12.6. The lowest BCUT2D eigenvalue weighted by atomic mass is 9.70. The van der Waals surface area contributed by atoms with E-state index in [0.717, 1.165) is 6.42 Å². The molecule has 1 aromatic heterocycles. The van der Waals surface area contributed by atoms with Crippen LogP contribution in [0, 0.1) is 0 Å². The maximum absolute atomic E-state index is 2.52. The highest BCUT2D eigenvalue weighted by atomic mass is 15.1. The van der Waals surface area contributed by atoms with Gasteiger partial charge in [0.25, 0.3) is 0 Å². The minimum atomic E-state index is -0.375. The van der Waals surface area contributed by atoms with E-state index < -0.39 is 0 Å². The zero-order valence-corrected chi connectivity index (χ0v) is 37.0. The average molecular weight is 843 g/mol. The van der Waals surface area contributed by atoms with Gasteiger partial charge >= 0.3 is 0 Å². The topological polar surface area (TPSA) is 8.17 Å². The van der Waals surface area contributed by atoms with Crippen molar-refractivity contribution in [3.8, 4) is 39.1 Å². The number of nitrogens with zero attached hydrogens (tertiary/aromatic N) is 2. The maximum atomic E-state index is 2.52. The number of anilines is 2. The van der Waals surface area contributed by atoms with Crippen LogP contribution in [0.15, 0.2) is 230 Å². The summed E-state index contributed by atoms with van der Waals surface area (Å²) in [5, 5.41) is 2.57. The molecule has 0 fully saturated rings. The molecule has 4 aliphatic carbocycles. The van der Waals surface area contributed by atoms with Gasteiger partial charge in [0, 0.05) is 44.9 Å². The summed E-state index contributed by atoms with van der Waals surface area (Å²) in [7, 11) is 0. The smallest absolute Gasteiger partial charge is 0.0725 e. The Morgan fingerprint density at radius 1 is 0.439 bits per heavy atom. The van der Waals surface area contributed by atoms with E-state index in [1.807, 2.05) is 0 Å². The Labute approximate surface area is 386 Å². The number of allylic oxidation sites excluding steroid dienone is 3. The predicted octanol–water partition coefficient (Wildman–Crippen LogP) is 16.2. The number of rotatable bonds is 5. The monoisotopic (exact) mass is 842 g/mol. The van der Waals surface area contributed by atoms with Crippen LogP contribution in [0.1, 0.15) is 65.1 Å². The number of fused-ring (bicyclic) bond motifs is 16. The van der Waals surface area contributed by atoms with Gasteiger partial charge in [-0.2, -0.15) is 0 Å². The molecule has 4 aliphatic rings. The quantitative estimate of drug-likeness (QED) is 0.168. The Morgan fingerprint density at radius 3 is 1.53 bits per heavy atom. The molecule has 0 bridgehead atoms. The van der Waals surface area contributed by atoms with Crippen molar-refractivity contribution in [2.24, 2.45) is 0 Å². The van der Waals surface area contributed by atoms with Crippen molar-refractivity contribution in [3.05, 3.63) is 269 Å². The zero-order valence-electron chi connectivity index (χ0n) is 37.0.